The topological polar surface area (TPSA) is 15.3 Å². The minimum atomic E-state index is 0.106. The van der Waals surface area contributed by atoms with Crippen molar-refractivity contribution >= 4 is 0 Å². The van der Waals surface area contributed by atoms with E-state index in [2.05, 4.69) is 51.8 Å². The number of nitrogens with one attached hydrogen (secondary N) is 1. The molecule has 25 heavy (non-hydrogen) atoms. The molecule has 0 aromatic rings. The van der Waals surface area contributed by atoms with Crippen LogP contribution in [0.1, 0.15) is 92.9 Å². The third kappa shape index (κ3) is 3.20. The van der Waals surface area contributed by atoms with Gasteiger partial charge in [-0.2, -0.15) is 0 Å². The van der Waals surface area contributed by atoms with Crippen LogP contribution in [0.5, 0.6) is 0 Å². The van der Waals surface area contributed by atoms with Crippen LogP contribution in [0.25, 0.3) is 0 Å². The molecule has 0 aromatic carbocycles. The normalized spacial score (nSPS) is 45.1. The van der Waals surface area contributed by atoms with E-state index in [-0.39, 0.29) is 11.2 Å². The highest BCUT2D eigenvalue weighted by Crippen LogP contribution is 2.60. The molecule has 0 radical (unpaired) electrons. The Bertz CT molecular complexity index is 491. The lowest BCUT2D eigenvalue weighted by molar-refractivity contribution is -0.00528. The largest absolute Gasteiger partial charge is 0.295 e. The predicted molar refractivity (Wildman–Crippen MR) is 106 cm³/mol. The first-order valence-electron chi connectivity index (χ1n) is 11.3. The highest BCUT2D eigenvalue weighted by atomic mass is 15.4. The van der Waals surface area contributed by atoms with Crippen LogP contribution in [0, 0.1) is 29.6 Å². The molecular formula is C23H42N2. The zero-order chi connectivity index (χ0) is 18.0. The molecule has 2 heteroatoms. The maximum absolute atomic E-state index is 4.00. The van der Waals surface area contributed by atoms with Crippen LogP contribution in [0.15, 0.2) is 0 Å². The summed E-state index contributed by atoms with van der Waals surface area (Å²) >= 11 is 0. The monoisotopic (exact) mass is 346 g/mol. The fourth-order valence-electron chi connectivity index (χ4n) is 7.92. The molecular weight excluding hydrogens is 304 g/mol. The van der Waals surface area contributed by atoms with Crippen LogP contribution in [0.4, 0.5) is 0 Å². The number of hydrogen-bond donors (Lipinski definition) is 1. The molecule has 4 rings (SSSR count). The Hall–Kier alpha value is -0.0800. The zero-order valence-electron chi connectivity index (χ0n) is 17.6. The van der Waals surface area contributed by atoms with Crippen molar-refractivity contribution in [2.45, 2.75) is 116 Å². The molecule has 7 atom stereocenters. The Morgan fingerprint density at radius 3 is 2.24 bits per heavy atom. The molecule has 0 bridgehead atoms. The van der Waals surface area contributed by atoms with Crippen LogP contribution in [-0.2, 0) is 0 Å². The van der Waals surface area contributed by atoms with Gasteiger partial charge in [0, 0.05) is 17.6 Å². The molecule has 1 saturated heterocycles. The number of rotatable bonds is 2. The molecule has 0 amide bonds. The smallest absolute Gasteiger partial charge is 0.0663 e. The Morgan fingerprint density at radius 1 is 0.800 bits per heavy atom. The molecule has 144 valence electrons. The second kappa shape index (κ2) is 6.23. The molecule has 0 spiro atoms. The van der Waals surface area contributed by atoms with Crippen molar-refractivity contribution in [3.05, 3.63) is 0 Å². The summed E-state index contributed by atoms with van der Waals surface area (Å²) in [6.45, 7) is 14.4. The van der Waals surface area contributed by atoms with Crippen LogP contribution in [0.2, 0.25) is 0 Å². The van der Waals surface area contributed by atoms with Crippen molar-refractivity contribution in [1.82, 2.24) is 10.2 Å². The number of likely N-dealkylation sites (tertiary alicyclic amines) is 1. The van der Waals surface area contributed by atoms with E-state index in [0.29, 0.717) is 0 Å². The summed E-state index contributed by atoms with van der Waals surface area (Å²) in [6, 6.07) is 1.68. The number of fused-ring (bicyclic) bond motifs is 5. The molecule has 4 fully saturated rings. The first kappa shape index (κ1) is 18.3. The zero-order valence-corrected chi connectivity index (χ0v) is 17.6. The Balaban J connectivity index is 1.66. The summed E-state index contributed by atoms with van der Waals surface area (Å²) in [5, 5.41) is 4.00. The van der Waals surface area contributed by atoms with Gasteiger partial charge in [0.15, 0.2) is 0 Å². The fraction of sp³-hybridized carbons (Fsp3) is 1.00. The molecule has 3 aliphatic carbocycles. The highest BCUT2D eigenvalue weighted by Gasteiger charge is 2.61. The van der Waals surface area contributed by atoms with Gasteiger partial charge >= 0.3 is 0 Å². The molecule has 7 unspecified atom stereocenters. The molecule has 1 aliphatic heterocycles. The van der Waals surface area contributed by atoms with Gasteiger partial charge in [0.2, 0.25) is 0 Å². The summed E-state index contributed by atoms with van der Waals surface area (Å²) in [4.78, 5) is 3.01. The van der Waals surface area contributed by atoms with Crippen LogP contribution < -0.4 is 5.32 Å². The predicted octanol–water partition coefficient (Wildman–Crippen LogP) is 5.43. The SMILES string of the molecule is CC1CCC2C(C1)C1C3CCCCC3CC1N2C(C)(C)NC(C)(C)C. The van der Waals surface area contributed by atoms with Crippen molar-refractivity contribution in [1.29, 1.82) is 0 Å². The van der Waals surface area contributed by atoms with Gasteiger partial charge in [-0.1, -0.05) is 26.2 Å². The van der Waals surface area contributed by atoms with Gasteiger partial charge in [0.05, 0.1) is 5.66 Å². The molecule has 3 saturated carbocycles. The first-order valence-corrected chi connectivity index (χ1v) is 11.3. The third-order valence-electron chi connectivity index (χ3n) is 8.11. The Morgan fingerprint density at radius 2 is 1.52 bits per heavy atom. The minimum absolute atomic E-state index is 0.106. The van der Waals surface area contributed by atoms with Gasteiger partial charge in [-0.3, -0.25) is 10.2 Å². The second-order valence-electron chi connectivity index (χ2n) is 11.6. The summed E-state index contributed by atoms with van der Waals surface area (Å²) < 4.78 is 0. The second-order valence-corrected chi connectivity index (χ2v) is 11.6. The lowest BCUT2D eigenvalue weighted by atomic mass is 9.68. The highest BCUT2D eigenvalue weighted by molar-refractivity contribution is 5.13. The van der Waals surface area contributed by atoms with Crippen LogP contribution in [-0.4, -0.2) is 28.2 Å². The van der Waals surface area contributed by atoms with Gasteiger partial charge in [0.25, 0.3) is 0 Å². The minimum Gasteiger partial charge on any atom is -0.295 e. The Labute approximate surface area is 156 Å². The van der Waals surface area contributed by atoms with Crippen LogP contribution in [0.3, 0.4) is 0 Å². The van der Waals surface area contributed by atoms with Gasteiger partial charge in [0.1, 0.15) is 0 Å². The summed E-state index contributed by atoms with van der Waals surface area (Å²) in [5.74, 6) is 5.01. The average molecular weight is 347 g/mol. The van der Waals surface area contributed by atoms with E-state index in [1.807, 2.05) is 0 Å². The standard InChI is InChI=1S/C23H42N2/c1-15-11-12-19-18(13-15)21-17-10-8-7-9-16(17)14-20(21)25(19)23(5,6)24-22(2,3)4/h15-21,24H,7-14H2,1-6H3. The lowest BCUT2D eigenvalue weighted by Crippen LogP contribution is -2.64. The van der Waals surface area contributed by atoms with Gasteiger partial charge in [-0.25, -0.2) is 0 Å². The van der Waals surface area contributed by atoms with E-state index in [9.17, 15) is 0 Å². The summed E-state index contributed by atoms with van der Waals surface area (Å²) in [7, 11) is 0. The molecule has 1 heterocycles. The van der Waals surface area contributed by atoms with E-state index < -0.39 is 0 Å². The van der Waals surface area contributed by atoms with E-state index >= 15 is 0 Å². The van der Waals surface area contributed by atoms with Crippen molar-refractivity contribution in [2.75, 3.05) is 0 Å². The number of nitrogens with zero attached hydrogens (tertiary/aromatic N) is 1. The van der Waals surface area contributed by atoms with Crippen molar-refractivity contribution < 1.29 is 0 Å². The van der Waals surface area contributed by atoms with Crippen molar-refractivity contribution in [2.24, 2.45) is 29.6 Å². The number of hydrogen-bond acceptors (Lipinski definition) is 2. The Kier molecular flexibility index (Phi) is 4.56. The molecule has 0 aromatic heterocycles. The van der Waals surface area contributed by atoms with Crippen molar-refractivity contribution in [3.8, 4) is 0 Å². The maximum atomic E-state index is 4.00. The fourth-order valence-corrected chi connectivity index (χ4v) is 7.92. The van der Waals surface area contributed by atoms with Crippen LogP contribution >= 0.6 is 0 Å². The summed E-state index contributed by atoms with van der Waals surface area (Å²) in [5.41, 5.74) is 0.277. The van der Waals surface area contributed by atoms with Crippen molar-refractivity contribution in [3.63, 3.8) is 0 Å². The summed E-state index contributed by atoms with van der Waals surface area (Å²) in [6.07, 6.45) is 11.9. The lowest BCUT2D eigenvalue weighted by Gasteiger charge is -2.49. The van der Waals surface area contributed by atoms with E-state index in [0.717, 1.165) is 41.7 Å². The molecule has 2 nitrogen and oxygen atoms in total. The maximum Gasteiger partial charge on any atom is 0.0663 e. The van der Waals surface area contributed by atoms with Gasteiger partial charge in [-0.15, -0.1) is 0 Å². The average Bonchev–Trinajstić information content (AvgIpc) is 2.98. The third-order valence-corrected chi connectivity index (χ3v) is 8.11. The van der Waals surface area contributed by atoms with E-state index in [1.54, 1.807) is 0 Å². The molecule has 1 N–H and O–H groups in total. The molecule has 4 aliphatic rings. The first-order chi connectivity index (χ1) is 11.7. The van der Waals surface area contributed by atoms with Gasteiger partial charge < -0.3 is 0 Å². The van der Waals surface area contributed by atoms with E-state index in [4.69, 9.17) is 0 Å². The van der Waals surface area contributed by atoms with E-state index in [1.165, 1.54) is 51.4 Å². The van der Waals surface area contributed by atoms with Gasteiger partial charge in [-0.05, 0) is 96.3 Å². The quantitative estimate of drug-likeness (QED) is 0.717.